The molecule has 1 aliphatic heterocycles. The number of benzene rings is 1. The van der Waals surface area contributed by atoms with E-state index in [1.807, 2.05) is 6.92 Å². The van der Waals surface area contributed by atoms with Gasteiger partial charge in [0.2, 0.25) is 11.8 Å². The number of halogens is 1. The summed E-state index contributed by atoms with van der Waals surface area (Å²) >= 11 is 5.93. The Hall–Kier alpha value is -2.61. The van der Waals surface area contributed by atoms with Crippen LogP contribution in [-0.4, -0.2) is 54.3 Å². The molecule has 1 aromatic carbocycles. The summed E-state index contributed by atoms with van der Waals surface area (Å²) in [5.41, 5.74) is 1.41. The standard InChI is InChI=1S/C18H22ClN3O5/c1-3-22(9-16(24)21-14-8-12(19)5-4-11(14)2)17(25)10-27-18(26)13-6-7-15(23)20-13/h4-5,8,13H,3,6-7,9-10H2,1-2H3,(H,20,23)(H,21,24)/t13-/m0/s1. The van der Waals surface area contributed by atoms with Gasteiger partial charge in [-0.25, -0.2) is 4.79 Å². The molecule has 146 valence electrons. The number of nitrogens with one attached hydrogen (secondary N) is 2. The highest BCUT2D eigenvalue weighted by molar-refractivity contribution is 6.31. The van der Waals surface area contributed by atoms with Crippen LogP contribution in [0.3, 0.4) is 0 Å². The molecule has 0 bridgehead atoms. The van der Waals surface area contributed by atoms with E-state index in [1.54, 1.807) is 25.1 Å². The molecule has 0 saturated carbocycles. The average Bonchev–Trinajstić information content (AvgIpc) is 3.07. The highest BCUT2D eigenvalue weighted by Crippen LogP contribution is 2.20. The van der Waals surface area contributed by atoms with Gasteiger partial charge in [0.15, 0.2) is 6.61 Å². The van der Waals surface area contributed by atoms with E-state index in [-0.39, 0.29) is 31.3 Å². The summed E-state index contributed by atoms with van der Waals surface area (Å²) in [6.45, 7) is 3.16. The predicted octanol–water partition coefficient (Wildman–Crippen LogP) is 1.26. The molecule has 0 unspecified atom stereocenters. The summed E-state index contributed by atoms with van der Waals surface area (Å²) in [5, 5.41) is 5.68. The second-order valence-electron chi connectivity index (χ2n) is 6.18. The van der Waals surface area contributed by atoms with Crippen molar-refractivity contribution in [1.82, 2.24) is 10.2 Å². The van der Waals surface area contributed by atoms with Gasteiger partial charge in [0, 0.05) is 23.7 Å². The zero-order chi connectivity index (χ0) is 20.0. The van der Waals surface area contributed by atoms with E-state index in [1.165, 1.54) is 4.90 Å². The van der Waals surface area contributed by atoms with E-state index < -0.39 is 24.5 Å². The Morgan fingerprint density at radius 2 is 2.11 bits per heavy atom. The van der Waals surface area contributed by atoms with E-state index in [0.29, 0.717) is 17.1 Å². The Bertz CT molecular complexity index is 753. The Morgan fingerprint density at radius 1 is 1.37 bits per heavy atom. The molecule has 2 N–H and O–H groups in total. The number of anilines is 1. The average molecular weight is 396 g/mol. The molecule has 1 aliphatic rings. The van der Waals surface area contributed by atoms with Gasteiger partial charge in [-0.3, -0.25) is 14.4 Å². The number of aryl methyl sites for hydroxylation is 1. The number of amides is 3. The minimum atomic E-state index is -0.713. The van der Waals surface area contributed by atoms with Gasteiger partial charge in [-0.15, -0.1) is 0 Å². The van der Waals surface area contributed by atoms with Crippen molar-refractivity contribution >= 4 is 41.0 Å². The van der Waals surface area contributed by atoms with Gasteiger partial charge in [-0.1, -0.05) is 17.7 Å². The van der Waals surface area contributed by atoms with Gasteiger partial charge in [-0.2, -0.15) is 0 Å². The van der Waals surface area contributed by atoms with Crippen LogP contribution in [-0.2, 0) is 23.9 Å². The van der Waals surface area contributed by atoms with Crippen LogP contribution in [0.2, 0.25) is 5.02 Å². The first-order valence-electron chi connectivity index (χ1n) is 8.60. The number of likely N-dealkylation sites (N-methyl/N-ethyl adjacent to an activating group) is 1. The van der Waals surface area contributed by atoms with Crippen LogP contribution < -0.4 is 10.6 Å². The highest BCUT2D eigenvalue weighted by Gasteiger charge is 2.29. The third-order valence-electron chi connectivity index (χ3n) is 4.16. The molecule has 0 aromatic heterocycles. The Labute approximate surface area is 162 Å². The summed E-state index contributed by atoms with van der Waals surface area (Å²) in [6.07, 6.45) is 0.614. The molecule has 1 heterocycles. The third kappa shape index (κ3) is 5.96. The van der Waals surface area contributed by atoms with E-state index in [2.05, 4.69) is 10.6 Å². The highest BCUT2D eigenvalue weighted by atomic mass is 35.5. The number of carbonyl (C=O) groups excluding carboxylic acids is 4. The van der Waals surface area contributed by atoms with Gasteiger partial charge in [0.1, 0.15) is 6.04 Å². The quantitative estimate of drug-likeness (QED) is 0.676. The molecule has 0 aliphatic carbocycles. The van der Waals surface area contributed by atoms with Crippen molar-refractivity contribution in [2.24, 2.45) is 0 Å². The summed E-state index contributed by atoms with van der Waals surface area (Å²) in [5.74, 6) is -1.74. The molecule has 1 aromatic rings. The van der Waals surface area contributed by atoms with Crippen molar-refractivity contribution in [2.75, 3.05) is 25.0 Å². The predicted molar refractivity (Wildman–Crippen MR) is 99.2 cm³/mol. The van der Waals surface area contributed by atoms with Gasteiger partial charge >= 0.3 is 5.97 Å². The van der Waals surface area contributed by atoms with Crippen molar-refractivity contribution < 1.29 is 23.9 Å². The first-order valence-corrected chi connectivity index (χ1v) is 8.97. The minimum absolute atomic E-state index is 0.182. The lowest BCUT2D eigenvalue weighted by molar-refractivity contribution is -0.154. The molecule has 1 fully saturated rings. The SMILES string of the molecule is CCN(CC(=O)Nc1cc(Cl)ccc1C)C(=O)COC(=O)[C@@H]1CCC(=O)N1. The normalized spacial score (nSPS) is 15.8. The van der Waals surface area contributed by atoms with Crippen molar-refractivity contribution in [1.29, 1.82) is 0 Å². The fourth-order valence-corrected chi connectivity index (χ4v) is 2.76. The topological polar surface area (TPSA) is 105 Å². The second-order valence-corrected chi connectivity index (χ2v) is 6.62. The molecule has 1 saturated heterocycles. The first kappa shape index (κ1) is 20.7. The van der Waals surface area contributed by atoms with E-state index in [4.69, 9.17) is 16.3 Å². The van der Waals surface area contributed by atoms with Crippen LogP contribution in [0.4, 0.5) is 5.69 Å². The smallest absolute Gasteiger partial charge is 0.329 e. The van der Waals surface area contributed by atoms with Gasteiger partial charge < -0.3 is 20.3 Å². The number of nitrogens with zero attached hydrogens (tertiary/aromatic N) is 1. The molecule has 3 amide bonds. The van der Waals surface area contributed by atoms with Crippen LogP contribution in [0, 0.1) is 6.92 Å². The monoisotopic (exact) mass is 395 g/mol. The second kappa shape index (κ2) is 9.36. The third-order valence-corrected chi connectivity index (χ3v) is 4.40. The maximum atomic E-state index is 12.2. The lowest BCUT2D eigenvalue weighted by atomic mass is 10.2. The number of esters is 1. The number of ether oxygens (including phenoxy) is 1. The maximum absolute atomic E-state index is 12.2. The van der Waals surface area contributed by atoms with Crippen molar-refractivity contribution in [3.8, 4) is 0 Å². The van der Waals surface area contributed by atoms with E-state index in [0.717, 1.165) is 5.56 Å². The van der Waals surface area contributed by atoms with Gasteiger partial charge in [0.05, 0.1) is 6.54 Å². The molecule has 27 heavy (non-hydrogen) atoms. The Kier molecular flexibility index (Phi) is 7.18. The summed E-state index contributed by atoms with van der Waals surface area (Å²) in [4.78, 5) is 48.7. The van der Waals surface area contributed by atoms with Crippen LogP contribution in [0.15, 0.2) is 18.2 Å². The molecular formula is C18H22ClN3O5. The summed E-state index contributed by atoms with van der Waals surface area (Å²) in [7, 11) is 0. The summed E-state index contributed by atoms with van der Waals surface area (Å²) < 4.78 is 4.96. The molecule has 0 spiro atoms. The molecule has 0 radical (unpaired) electrons. The molecule has 8 nitrogen and oxygen atoms in total. The first-order chi connectivity index (χ1) is 12.8. The van der Waals surface area contributed by atoms with Crippen molar-refractivity contribution in [3.05, 3.63) is 28.8 Å². The lowest BCUT2D eigenvalue weighted by Crippen LogP contribution is -2.41. The molecule has 1 atom stereocenters. The maximum Gasteiger partial charge on any atom is 0.329 e. The largest absolute Gasteiger partial charge is 0.454 e. The molecular weight excluding hydrogens is 374 g/mol. The number of carbonyl (C=O) groups is 4. The van der Waals surface area contributed by atoms with E-state index in [9.17, 15) is 19.2 Å². The van der Waals surface area contributed by atoms with Crippen LogP contribution in [0.25, 0.3) is 0 Å². The number of hydrogen-bond donors (Lipinski definition) is 2. The molecule has 9 heteroatoms. The van der Waals surface area contributed by atoms with E-state index >= 15 is 0 Å². The zero-order valence-corrected chi connectivity index (χ0v) is 16.0. The number of rotatable bonds is 7. The lowest BCUT2D eigenvalue weighted by Gasteiger charge is -2.21. The van der Waals surface area contributed by atoms with Crippen molar-refractivity contribution in [3.63, 3.8) is 0 Å². The zero-order valence-electron chi connectivity index (χ0n) is 15.2. The van der Waals surface area contributed by atoms with Crippen LogP contribution in [0.1, 0.15) is 25.3 Å². The van der Waals surface area contributed by atoms with Crippen molar-refractivity contribution in [2.45, 2.75) is 32.7 Å². The van der Waals surface area contributed by atoms with Crippen LogP contribution in [0.5, 0.6) is 0 Å². The minimum Gasteiger partial charge on any atom is -0.454 e. The van der Waals surface area contributed by atoms with Crippen LogP contribution >= 0.6 is 11.6 Å². The Morgan fingerprint density at radius 3 is 2.74 bits per heavy atom. The number of hydrogen-bond acceptors (Lipinski definition) is 5. The fourth-order valence-electron chi connectivity index (χ4n) is 2.58. The van der Waals surface area contributed by atoms with Gasteiger partial charge in [0.25, 0.3) is 5.91 Å². The Balaban J connectivity index is 1.85. The van der Waals surface area contributed by atoms with Gasteiger partial charge in [-0.05, 0) is 38.0 Å². The summed E-state index contributed by atoms with van der Waals surface area (Å²) in [6, 6.07) is 4.41. The fraction of sp³-hybridized carbons (Fsp3) is 0.444. The molecule has 2 rings (SSSR count).